The van der Waals surface area contributed by atoms with Gasteiger partial charge < -0.3 is 10.1 Å². The molecule has 0 aliphatic rings. The molecule has 0 aromatic heterocycles. The van der Waals surface area contributed by atoms with Gasteiger partial charge in [-0.2, -0.15) is 4.72 Å². The molecule has 1 amide bonds. The van der Waals surface area contributed by atoms with Gasteiger partial charge in [0.15, 0.2) is 0 Å². The maximum absolute atomic E-state index is 13.7. The minimum atomic E-state index is -4.18. The van der Waals surface area contributed by atoms with Crippen LogP contribution in [-0.2, 0) is 14.8 Å². The van der Waals surface area contributed by atoms with Crippen molar-refractivity contribution in [3.8, 4) is 5.75 Å². The van der Waals surface area contributed by atoms with Crippen LogP contribution in [0.5, 0.6) is 5.75 Å². The van der Waals surface area contributed by atoms with Gasteiger partial charge in [-0.1, -0.05) is 23.7 Å². The largest absolute Gasteiger partial charge is 0.495 e. The lowest BCUT2D eigenvalue weighted by molar-refractivity contribution is -0.117. The molecule has 134 valence electrons. The molecular weight excluding hydrogens is 371 g/mol. The minimum Gasteiger partial charge on any atom is -0.495 e. The summed E-state index contributed by atoms with van der Waals surface area (Å²) in [5, 5.41) is 2.81. The SMILES string of the molecule is COc1ccc(NC(=O)[C@@H](C)NS(=O)(=O)c2ccccc2F)cc1Cl. The summed E-state index contributed by atoms with van der Waals surface area (Å²) in [6.45, 7) is 1.35. The molecule has 0 saturated heterocycles. The van der Waals surface area contributed by atoms with Gasteiger partial charge >= 0.3 is 0 Å². The van der Waals surface area contributed by atoms with Crippen LogP contribution in [0.15, 0.2) is 47.4 Å². The Morgan fingerprint density at radius 2 is 1.92 bits per heavy atom. The maximum Gasteiger partial charge on any atom is 0.244 e. The number of amides is 1. The smallest absolute Gasteiger partial charge is 0.244 e. The van der Waals surface area contributed by atoms with E-state index in [1.165, 1.54) is 32.2 Å². The molecule has 2 N–H and O–H groups in total. The topological polar surface area (TPSA) is 84.5 Å². The Kier molecular flexibility index (Phi) is 5.99. The predicted molar refractivity (Wildman–Crippen MR) is 92.8 cm³/mol. The predicted octanol–water partition coefficient (Wildman–Crippen LogP) is 2.79. The third-order valence-corrected chi connectivity index (χ3v) is 5.14. The summed E-state index contributed by atoms with van der Waals surface area (Å²) in [6.07, 6.45) is 0. The molecule has 0 spiro atoms. The first-order valence-electron chi connectivity index (χ1n) is 7.16. The Labute approximate surface area is 150 Å². The van der Waals surface area contributed by atoms with Crippen LogP contribution < -0.4 is 14.8 Å². The molecule has 0 fully saturated rings. The number of carbonyl (C=O) groups is 1. The third kappa shape index (κ3) is 4.68. The number of sulfonamides is 1. The summed E-state index contributed by atoms with van der Waals surface area (Å²) in [7, 11) is -2.72. The molecule has 0 aliphatic carbocycles. The fourth-order valence-corrected chi connectivity index (χ4v) is 3.55. The molecule has 0 saturated carbocycles. The van der Waals surface area contributed by atoms with Gasteiger partial charge in [-0.25, -0.2) is 12.8 Å². The van der Waals surface area contributed by atoms with Crippen molar-refractivity contribution in [3.05, 3.63) is 53.3 Å². The van der Waals surface area contributed by atoms with Gasteiger partial charge in [0.1, 0.15) is 16.5 Å². The van der Waals surface area contributed by atoms with Crippen molar-refractivity contribution in [2.24, 2.45) is 0 Å². The average molecular weight is 387 g/mol. The second-order valence-corrected chi connectivity index (χ2v) is 7.20. The first-order chi connectivity index (χ1) is 11.7. The lowest BCUT2D eigenvalue weighted by Crippen LogP contribution is -2.41. The van der Waals surface area contributed by atoms with Crippen molar-refractivity contribution < 1.29 is 22.3 Å². The number of ether oxygens (including phenoxy) is 1. The van der Waals surface area contributed by atoms with Crippen molar-refractivity contribution in [2.45, 2.75) is 17.9 Å². The van der Waals surface area contributed by atoms with E-state index < -0.39 is 32.7 Å². The summed E-state index contributed by atoms with van der Waals surface area (Å²) >= 11 is 5.97. The number of methoxy groups -OCH3 is 1. The monoisotopic (exact) mass is 386 g/mol. The molecule has 0 bridgehead atoms. The first kappa shape index (κ1) is 19.2. The fraction of sp³-hybridized carbons (Fsp3) is 0.188. The third-order valence-electron chi connectivity index (χ3n) is 3.27. The quantitative estimate of drug-likeness (QED) is 0.799. The zero-order valence-corrected chi connectivity index (χ0v) is 15.0. The fourth-order valence-electron chi connectivity index (χ4n) is 2.01. The number of hydrogen-bond acceptors (Lipinski definition) is 4. The van der Waals surface area contributed by atoms with Crippen LogP contribution in [0.1, 0.15) is 6.92 Å². The van der Waals surface area contributed by atoms with Crippen LogP contribution in [0.3, 0.4) is 0 Å². The van der Waals surface area contributed by atoms with E-state index in [0.29, 0.717) is 16.5 Å². The lowest BCUT2D eigenvalue weighted by atomic mass is 10.2. The highest BCUT2D eigenvalue weighted by Crippen LogP contribution is 2.27. The van der Waals surface area contributed by atoms with Gasteiger partial charge in [-0.3, -0.25) is 4.79 Å². The highest BCUT2D eigenvalue weighted by molar-refractivity contribution is 7.89. The molecule has 1 atom stereocenters. The molecule has 0 aliphatic heterocycles. The van der Waals surface area contributed by atoms with Gasteiger partial charge in [-0.15, -0.1) is 0 Å². The first-order valence-corrected chi connectivity index (χ1v) is 9.02. The number of hydrogen-bond donors (Lipinski definition) is 2. The zero-order chi connectivity index (χ0) is 18.6. The second-order valence-electron chi connectivity index (χ2n) is 5.11. The zero-order valence-electron chi connectivity index (χ0n) is 13.4. The molecule has 2 aromatic rings. The molecule has 0 heterocycles. The van der Waals surface area contributed by atoms with Crippen molar-refractivity contribution in [1.29, 1.82) is 0 Å². The maximum atomic E-state index is 13.7. The normalized spacial score (nSPS) is 12.5. The van der Waals surface area contributed by atoms with Crippen LogP contribution in [0.25, 0.3) is 0 Å². The Hall–Kier alpha value is -2.16. The van der Waals surface area contributed by atoms with Crippen molar-refractivity contribution in [1.82, 2.24) is 4.72 Å². The summed E-state index contributed by atoms with van der Waals surface area (Å²) in [6, 6.07) is 8.36. The average Bonchev–Trinajstić information content (AvgIpc) is 2.54. The van der Waals surface area contributed by atoms with E-state index >= 15 is 0 Å². The van der Waals surface area contributed by atoms with E-state index in [1.54, 1.807) is 12.1 Å². The number of carbonyl (C=O) groups excluding carboxylic acids is 1. The van der Waals surface area contributed by atoms with Crippen LogP contribution in [-0.4, -0.2) is 27.5 Å². The van der Waals surface area contributed by atoms with Crippen LogP contribution in [0.2, 0.25) is 5.02 Å². The highest BCUT2D eigenvalue weighted by atomic mass is 35.5. The second kappa shape index (κ2) is 7.81. The number of anilines is 1. The van der Waals surface area contributed by atoms with E-state index in [-0.39, 0.29) is 0 Å². The van der Waals surface area contributed by atoms with Crippen LogP contribution in [0.4, 0.5) is 10.1 Å². The molecule has 0 unspecified atom stereocenters. The minimum absolute atomic E-state index is 0.292. The van der Waals surface area contributed by atoms with E-state index in [4.69, 9.17) is 16.3 Å². The Morgan fingerprint density at radius 3 is 2.52 bits per heavy atom. The van der Waals surface area contributed by atoms with Crippen molar-refractivity contribution in [3.63, 3.8) is 0 Å². The number of rotatable bonds is 6. The number of benzene rings is 2. The van der Waals surface area contributed by atoms with Gasteiger partial charge in [-0.05, 0) is 37.3 Å². The van der Waals surface area contributed by atoms with E-state index in [0.717, 1.165) is 12.1 Å². The van der Waals surface area contributed by atoms with E-state index in [9.17, 15) is 17.6 Å². The Morgan fingerprint density at radius 1 is 1.24 bits per heavy atom. The van der Waals surface area contributed by atoms with Gasteiger partial charge in [0.05, 0.1) is 18.2 Å². The van der Waals surface area contributed by atoms with E-state index in [1.807, 2.05) is 0 Å². The standard InChI is InChI=1S/C16H16ClFN2O4S/c1-10(20-25(22,23)15-6-4-3-5-13(15)18)16(21)19-11-7-8-14(24-2)12(17)9-11/h3-10,20H,1-2H3,(H,19,21)/t10-/m1/s1. The summed E-state index contributed by atoms with van der Waals surface area (Å²) in [5.41, 5.74) is 0.368. The van der Waals surface area contributed by atoms with Crippen LogP contribution in [0, 0.1) is 5.82 Å². The summed E-state index contributed by atoms with van der Waals surface area (Å²) < 4.78 is 45.2. The number of nitrogens with one attached hydrogen (secondary N) is 2. The summed E-state index contributed by atoms with van der Waals surface area (Å²) in [4.78, 5) is 11.6. The Bertz CT molecular complexity index is 889. The number of halogens is 2. The molecular formula is C16H16ClFN2O4S. The molecule has 6 nitrogen and oxygen atoms in total. The molecule has 9 heteroatoms. The molecule has 25 heavy (non-hydrogen) atoms. The van der Waals surface area contributed by atoms with Crippen molar-refractivity contribution >= 4 is 33.2 Å². The summed E-state index contributed by atoms with van der Waals surface area (Å²) in [5.74, 6) is -1.08. The van der Waals surface area contributed by atoms with Gasteiger partial charge in [0.25, 0.3) is 0 Å². The molecule has 2 aromatic carbocycles. The van der Waals surface area contributed by atoms with Crippen LogP contribution >= 0.6 is 11.6 Å². The lowest BCUT2D eigenvalue weighted by Gasteiger charge is -2.15. The molecule has 0 radical (unpaired) electrons. The van der Waals surface area contributed by atoms with E-state index in [2.05, 4.69) is 10.0 Å². The Balaban J connectivity index is 2.10. The highest BCUT2D eigenvalue weighted by Gasteiger charge is 2.24. The van der Waals surface area contributed by atoms with Gasteiger partial charge in [0, 0.05) is 5.69 Å². The van der Waals surface area contributed by atoms with Gasteiger partial charge in [0.2, 0.25) is 15.9 Å². The van der Waals surface area contributed by atoms with Crippen molar-refractivity contribution in [2.75, 3.05) is 12.4 Å². The molecule has 2 rings (SSSR count).